The second-order valence-electron chi connectivity index (χ2n) is 5.56. The number of carbonyl (C=O) groups excluding carboxylic acids is 1. The maximum Gasteiger partial charge on any atom is 0.317 e. The van der Waals surface area contributed by atoms with Crippen LogP contribution in [0.4, 0.5) is 4.79 Å². The average Bonchev–Trinajstić information content (AvgIpc) is 2.42. The van der Waals surface area contributed by atoms with Crippen molar-refractivity contribution in [1.29, 1.82) is 0 Å². The molecule has 0 aliphatic rings. The summed E-state index contributed by atoms with van der Waals surface area (Å²) < 4.78 is 0. The fraction of sp³-hybridized carbons (Fsp3) is 0.562. The molecule has 1 rings (SSSR count). The number of benzene rings is 1. The second-order valence-corrected chi connectivity index (χ2v) is 5.99. The van der Waals surface area contributed by atoms with Gasteiger partial charge in [0.15, 0.2) is 0 Å². The minimum Gasteiger partial charge on any atom is -0.392 e. The zero-order valence-electron chi connectivity index (χ0n) is 13.0. The molecule has 0 saturated carbocycles. The summed E-state index contributed by atoms with van der Waals surface area (Å²) in [6, 6.07) is 7.69. The molecule has 1 aromatic rings. The molecule has 2 amide bonds. The van der Waals surface area contributed by atoms with Crippen molar-refractivity contribution >= 4 is 17.6 Å². The van der Waals surface area contributed by atoms with Crippen LogP contribution < -0.4 is 5.32 Å². The van der Waals surface area contributed by atoms with Crippen LogP contribution in [0.15, 0.2) is 24.3 Å². The molecule has 0 aliphatic heterocycles. The van der Waals surface area contributed by atoms with Gasteiger partial charge in [0, 0.05) is 24.2 Å². The molecule has 0 radical (unpaired) electrons. The number of hydrogen-bond acceptors (Lipinski definition) is 2. The monoisotopic (exact) mass is 312 g/mol. The number of rotatable bonds is 7. The van der Waals surface area contributed by atoms with E-state index in [1.807, 2.05) is 38.1 Å². The van der Waals surface area contributed by atoms with Crippen LogP contribution in [0.2, 0.25) is 5.02 Å². The zero-order valence-corrected chi connectivity index (χ0v) is 13.7. The Kier molecular flexibility index (Phi) is 7.54. The minimum absolute atomic E-state index is 0.0656. The van der Waals surface area contributed by atoms with Gasteiger partial charge in [0.1, 0.15) is 0 Å². The number of aliphatic hydroxyl groups excluding tert-OH is 1. The van der Waals surface area contributed by atoms with E-state index in [-0.39, 0.29) is 12.1 Å². The van der Waals surface area contributed by atoms with Gasteiger partial charge in [0.05, 0.1) is 6.10 Å². The molecule has 21 heavy (non-hydrogen) atoms. The molecule has 4 nitrogen and oxygen atoms in total. The third-order valence-corrected chi connectivity index (χ3v) is 3.43. The molecule has 5 heteroatoms. The standard InChI is InChI=1S/C16H25ClN2O2/c1-12(2)19(11-13(3)20)16(21)18-10-4-5-14-6-8-15(17)9-7-14/h6-9,12-13,20H,4-5,10-11H2,1-3H3,(H,18,21). The molecule has 0 aromatic heterocycles. The zero-order chi connectivity index (χ0) is 15.8. The summed E-state index contributed by atoms with van der Waals surface area (Å²) in [5.74, 6) is 0. The third-order valence-electron chi connectivity index (χ3n) is 3.18. The van der Waals surface area contributed by atoms with E-state index in [1.165, 1.54) is 5.56 Å². The first-order valence-corrected chi connectivity index (χ1v) is 7.75. The summed E-state index contributed by atoms with van der Waals surface area (Å²) in [5, 5.41) is 13.1. The molecule has 2 N–H and O–H groups in total. The largest absolute Gasteiger partial charge is 0.392 e. The van der Waals surface area contributed by atoms with Gasteiger partial charge >= 0.3 is 6.03 Å². The molecule has 0 aliphatic carbocycles. The second kappa shape index (κ2) is 8.90. The van der Waals surface area contributed by atoms with Gasteiger partial charge in [0.2, 0.25) is 0 Å². The van der Waals surface area contributed by atoms with Crippen LogP contribution in [-0.2, 0) is 6.42 Å². The molecule has 0 saturated heterocycles. The lowest BCUT2D eigenvalue weighted by atomic mass is 10.1. The Hall–Kier alpha value is -1.26. The lowest BCUT2D eigenvalue weighted by Gasteiger charge is -2.28. The van der Waals surface area contributed by atoms with Crippen LogP contribution >= 0.6 is 11.6 Å². The summed E-state index contributed by atoms with van der Waals surface area (Å²) in [4.78, 5) is 13.7. The van der Waals surface area contributed by atoms with E-state index < -0.39 is 6.10 Å². The number of amides is 2. The minimum atomic E-state index is -0.521. The number of halogens is 1. The molecule has 118 valence electrons. The number of urea groups is 1. The van der Waals surface area contributed by atoms with Crippen molar-refractivity contribution in [1.82, 2.24) is 10.2 Å². The number of aliphatic hydroxyl groups is 1. The van der Waals surface area contributed by atoms with E-state index in [0.717, 1.165) is 17.9 Å². The van der Waals surface area contributed by atoms with Crippen LogP contribution in [0, 0.1) is 0 Å². The van der Waals surface area contributed by atoms with Crippen LogP contribution in [-0.4, -0.2) is 41.3 Å². The van der Waals surface area contributed by atoms with E-state index in [0.29, 0.717) is 13.1 Å². The van der Waals surface area contributed by atoms with Gasteiger partial charge in [-0.25, -0.2) is 4.79 Å². The molecule has 1 aromatic carbocycles. The highest BCUT2D eigenvalue weighted by Crippen LogP contribution is 2.10. The average molecular weight is 313 g/mol. The van der Waals surface area contributed by atoms with E-state index in [9.17, 15) is 9.90 Å². The van der Waals surface area contributed by atoms with E-state index in [1.54, 1.807) is 11.8 Å². The Bertz CT molecular complexity index is 432. The predicted molar refractivity (Wildman–Crippen MR) is 86.7 cm³/mol. The summed E-state index contributed by atoms with van der Waals surface area (Å²) in [6.07, 6.45) is 1.25. The van der Waals surface area contributed by atoms with Gasteiger partial charge in [-0.05, 0) is 51.3 Å². The first-order valence-electron chi connectivity index (χ1n) is 7.37. The van der Waals surface area contributed by atoms with Crippen molar-refractivity contribution in [3.63, 3.8) is 0 Å². The van der Waals surface area contributed by atoms with Gasteiger partial charge in [-0.1, -0.05) is 23.7 Å². The van der Waals surface area contributed by atoms with Crippen LogP contribution in [0.3, 0.4) is 0 Å². The summed E-state index contributed by atoms with van der Waals surface area (Å²) in [5.41, 5.74) is 1.21. The molecule has 0 spiro atoms. The Labute approximate surface area is 132 Å². The molecular weight excluding hydrogens is 288 g/mol. The number of hydrogen-bond donors (Lipinski definition) is 2. The lowest BCUT2D eigenvalue weighted by Crippen LogP contribution is -2.47. The van der Waals surface area contributed by atoms with Gasteiger partial charge in [-0.3, -0.25) is 0 Å². The molecule has 0 bridgehead atoms. The van der Waals surface area contributed by atoms with Crippen LogP contribution in [0.5, 0.6) is 0 Å². The first kappa shape index (κ1) is 17.8. The fourth-order valence-corrected chi connectivity index (χ4v) is 2.18. The van der Waals surface area contributed by atoms with Crippen molar-refractivity contribution < 1.29 is 9.90 Å². The maximum atomic E-state index is 12.1. The van der Waals surface area contributed by atoms with Gasteiger partial charge in [0.25, 0.3) is 0 Å². The SMILES string of the molecule is CC(O)CN(C(=O)NCCCc1ccc(Cl)cc1)C(C)C. The number of nitrogens with zero attached hydrogens (tertiary/aromatic N) is 1. The van der Waals surface area contributed by atoms with E-state index in [2.05, 4.69) is 5.32 Å². The summed E-state index contributed by atoms with van der Waals surface area (Å²) in [6.45, 7) is 6.53. The Balaban J connectivity index is 2.33. The van der Waals surface area contributed by atoms with E-state index in [4.69, 9.17) is 11.6 Å². The predicted octanol–water partition coefficient (Wildman–Crippen LogP) is 3.07. The Morgan fingerprint density at radius 1 is 1.29 bits per heavy atom. The van der Waals surface area contributed by atoms with Gasteiger partial charge < -0.3 is 15.3 Å². The number of carbonyl (C=O) groups is 1. The molecule has 0 fully saturated rings. The third kappa shape index (κ3) is 6.82. The number of nitrogens with one attached hydrogen (secondary N) is 1. The van der Waals surface area contributed by atoms with Crippen molar-refractivity contribution in [2.24, 2.45) is 0 Å². The molecular formula is C16H25ClN2O2. The maximum absolute atomic E-state index is 12.1. The number of aryl methyl sites for hydroxylation is 1. The van der Waals surface area contributed by atoms with Crippen LogP contribution in [0.1, 0.15) is 32.8 Å². The van der Waals surface area contributed by atoms with Gasteiger partial charge in [-0.2, -0.15) is 0 Å². The topological polar surface area (TPSA) is 52.6 Å². The molecule has 1 atom stereocenters. The lowest BCUT2D eigenvalue weighted by molar-refractivity contribution is 0.119. The highest BCUT2D eigenvalue weighted by atomic mass is 35.5. The van der Waals surface area contributed by atoms with Crippen molar-refractivity contribution in [3.05, 3.63) is 34.9 Å². The molecule has 0 heterocycles. The fourth-order valence-electron chi connectivity index (χ4n) is 2.05. The van der Waals surface area contributed by atoms with Crippen LogP contribution in [0.25, 0.3) is 0 Å². The summed E-state index contributed by atoms with van der Waals surface area (Å²) >= 11 is 5.84. The van der Waals surface area contributed by atoms with Crippen molar-refractivity contribution in [2.45, 2.75) is 45.8 Å². The quantitative estimate of drug-likeness (QED) is 0.760. The highest BCUT2D eigenvalue weighted by Gasteiger charge is 2.17. The van der Waals surface area contributed by atoms with Crippen molar-refractivity contribution in [2.75, 3.05) is 13.1 Å². The summed E-state index contributed by atoms with van der Waals surface area (Å²) in [7, 11) is 0. The molecule has 1 unspecified atom stereocenters. The highest BCUT2D eigenvalue weighted by molar-refractivity contribution is 6.30. The smallest absolute Gasteiger partial charge is 0.317 e. The van der Waals surface area contributed by atoms with Gasteiger partial charge in [-0.15, -0.1) is 0 Å². The van der Waals surface area contributed by atoms with Crippen molar-refractivity contribution in [3.8, 4) is 0 Å². The Morgan fingerprint density at radius 3 is 2.43 bits per heavy atom. The normalized spacial score (nSPS) is 12.3. The van der Waals surface area contributed by atoms with E-state index >= 15 is 0 Å². The Morgan fingerprint density at radius 2 is 1.90 bits per heavy atom. The first-order chi connectivity index (χ1) is 9.90.